The first kappa shape index (κ1) is 21.0. The Bertz CT molecular complexity index is 615. The monoisotopic (exact) mass is 387 g/mol. The van der Waals surface area contributed by atoms with E-state index in [2.05, 4.69) is 41.8 Å². The van der Waals surface area contributed by atoms with Crippen molar-refractivity contribution >= 4 is 5.96 Å². The third-order valence-corrected chi connectivity index (χ3v) is 6.43. The number of aliphatic imine (C=N–C) groups is 1. The van der Waals surface area contributed by atoms with Crippen molar-refractivity contribution in [3.05, 3.63) is 29.8 Å². The number of guanidine groups is 1. The normalized spacial score (nSPS) is 25.2. The summed E-state index contributed by atoms with van der Waals surface area (Å²) < 4.78 is 5.35. The largest absolute Gasteiger partial charge is 0.497 e. The standard InChI is InChI=1S/C23H37N3O2/c1-3-24-22(26-19-9-11-20(27)12-10-19)25-17-23(15-5-4-6-16-23)18-7-13-21(28-2)14-8-18/h7-8,13-14,19-20,27H,3-6,9-12,15-17H2,1-2H3,(H2,24,25,26). The number of nitrogens with one attached hydrogen (secondary N) is 2. The molecule has 1 aromatic carbocycles. The van der Waals surface area contributed by atoms with E-state index in [1.807, 2.05) is 0 Å². The molecule has 5 heteroatoms. The molecule has 2 saturated carbocycles. The highest BCUT2D eigenvalue weighted by atomic mass is 16.5. The van der Waals surface area contributed by atoms with Crippen molar-refractivity contribution in [1.82, 2.24) is 10.6 Å². The van der Waals surface area contributed by atoms with Gasteiger partial charge in [-0.15, -0.1) is 0 Å². The maximum absolute atomic E-state index is 9.75. The van der Waals surface area contributed by atoms with Crippen LogP contribution in [0.2, 0.25) is 0 Å². The van der Waals surface area contributed by atoms with Gasteiger partial charge in [-0.1, -0.05) is 31.4 Å². The highest BCUT2D eigenvalue weighted by Gasteiger charge is 2.34. The molecule has 2 aliphatic carbocycles. The predicted octanol–water partition coefficient (Wildman–Crippen LogP) is 3.76. The quantitative estimate of drug-likeness (QED) is 0.514. The summed E-state index contributed by atoms with van der Waals surface area (Å²) in [6.07, 6.45) is 9.90. The fraction of sp³-hybridized carbons (Fsp3) is 0.696. The van der Waals surface area contributed by atoms with Crippen LogP contribution >= 0.6 is 0 Å². The minimum absolute atomic E-state index is 0.121. The molecule has 156 valence electrons. The highest BCUT2D eigenvalue weighted by Crippen LogP contribution is 2.40. The summed E-state index contributed by atoms with van der Waals surface area (Å²) in [6.45, 7) is 3.78. The van der Waals surface area contributed by atoms with Gasteiger partial charge in [0.25, 0.3) is 0 Å². The van der Waals surface area contributed by atoms with E-state index in [1.165, 1.54) is 37.7 Å². The third-order valence-electron chi connectivity index (χ3n) is 6.43. The van der Waals surface area contributed by atoms with Crippen molar-refractivity contribution in [2.45, 2.75) is 82.3 Å². The second-order valence-electron chi connectivity index (χ2n) is 8.41. The van der Waals surface area contributed by atoms with E-state index >= 15 is 0 Å². The number of methoxy groups -OCH3 is 1. The lowest BCUT2D eigenvalue weighted by atomic mass is 9.69. The second kappa shape index (κ2) is 10.1. The molecule has 0 heterocycles. The molecule has 5 nitrogen and oxygen atoms in total. The zero-order valence-corrected chi connectivity index (χ0v) is 17.5. The third kappa shape index (κ3) is 5.40. The van der Waals surface area contributed by atoms with Crippen LogP contribution in [0.1, 0.15) is 70.3 Å². The van der Waals surface area contributed by atoms with Gasteiger partial charge in [-0.05, 0) is 63.1 Å². The van der Waals surface area contributed by atoms with E-state index in [9.17, 15) is 5.11 Å². The molecule has 0 bridgehead atoms. The van der Waals surface area contributed by atoms with Gasteiger partial charge in [0.15, 0.2) is 5.96 Å². The molecule has 0 spiro atoms. The molecule has 3 N–H and O–H groups in total. The van der Waals surface area contributed by atoms with E-state index in [1.54, 1.807) is 7.11 Å². The van der Waals surface area contributed by atoms with Crippen LogP contribution in [0.25, 0.3) is 0 Å². The fourth-order valence-corrected chi connectivity index (χ4v) is 4.68. The van der Waals surface area contributed by atoms with Gasteiger partial charge in [0.2, 0.25) is 0 Å². The Labute approximate surface area is 170 Å². The van der Waals surface area contributed by atoms with E-state index < -0.39 is 0 Å². The van der Waals surface area contributed by atoms with Crippen molar-refractivity contribution < 1.29 is 9.84 Å². The molecule has 0 amide bonds. The average Bonchev–Trinajstić information content (AvgIpc) is 2.74. The van der Waals surface area contributed by atoms with Crippen LogP contribution in [-0.2, 0) is 5.41 Å². The van der Waals surface area contributed by atoms with Crippen LogP contribution in [0, 0.1) is 0 Å². The molecule has 0 aromatic heterocycles. The fourth-order valence-electron chi connectivity index (χ4n) is 4.68. The molecule has 1 aromatic rings. The Balaban J connectivity index is 1.73. The number of aliphatic hydroxyl groups excluding tert-OH is 1. The number of nitrogens with zero attached hydrogens (tertiary/aromatic N) is 1. The smallest absolute Gasteiger partial charge is 0.191 e. The summed E-state index contributed by atoms with van der Waals surface area (Å²) in [4.78, 5) is 5.04. The van der Waals surface area contributed by atoms with Gasteiger partial charge in [-0.3, -0.25) is 4.99 Å². The van der Waals surface area contributed by atoms with Crippen LogP contribution in [0.4, 0.5) is 0 Å². The molecule has 0 atom stereocenters. The van der Waals surface area contributed by atoms with Gasteiger partial charge in [-0.2, -0.15) is 0 Å². The summed E-state index contributed by atoms with van der Waals surface area (Å²) in [6, 6.07) is 9.01. The summed E-state index contributed by atoms with van der Waals surface area (Å²) in [5.41, 5.74) is 1.50. The Hall–Kier alpha value is -1.75. The van der Waals surface area contributed by atoms with Crippen molar-refractivity contribution in [2.75, 3.05) is 20.2 Å². The molecule has 2 aliphatic rings. The molecular weight excluding hydrogens is 350 g/mol. The first-order valence-corrected chi connectivity index (χ1v) is 11.0. The molecule has 0 saturated heterocycles. The zero-order chi connectivity index (χ0) is 19.8. The first-order chi connectivity index (χ1) is 13.6. The Morgan fingerprint density at radius 3 is 2.39 bits per heavy atom. The van der Waals surface area contributed by atoms with E-state index in [4.69, 9.17) is 9.73 Å². The lowest BCUT2D eigenvalue weighted by Crippen LogP contribution is -2.46. The molecular formula is C23H37N3O2. The lowest BCUT2D eigenvalue weighted by molar-refractivity contribution is 0.120. The lowest BCUT2D eigenvalue weighted by Gasteiger charge is -2.37. The van der Waals surface area contributed by atoms with Gasteiger partial charge in [0.1, 0.15) is 5.75 Å². The second-order valence-corrected chi connectivity index (χ2v) is 8.41. The van der Waals surface area contributed by atoms with Crippen LogP contribution in [0.5, 0.6) is 5.75 Å². The van der Waals surface area contributed by atoms with Gasteiger partial charge in [0, 0.05) is 18.0 Å². The molecule has 0 unspecified atom stereocenters. The predicted molar refractivity (Wildman–Crippen MR) is 115 cm³/mol. The summed E-state index contributed by atoms with van der Waals surface area (Å²) in [5, 5.41) is 16.8. The Kier molecular flexibility index (Phi) is 7.60. The number of ether oxygens (including phenoxy) is 1. The van der Waals surface area contributed by atoms with Crippen molar-refractivity contribution in [2.24, 2.45) is 4.99 Å². The molecule has 0 aliphatic heterocycles. The number of aliphatic hydroxyl groups is 1. The minimum atomic E-state index is -0.127. The highest BCUT2D eigenvalue weighted by molar-refractivity contribution is 5.80. The zero-order valence-electron chi connectivity index (χ0n) is 17.5. The number of hydrogen-bond donors (Lipinski definition) is 3. The first-order valence-electron chi connectivity index (χ1n) is 11.0. The Morgan fingerprint density at radius 1 is 1.11 bits per heavy atom. The van der Waals surface area contributed by atoms with Crippen molar-refractivity contribution in [3.8, 4) is 5.75 Å². The minimum Gasteiger partial charge on any atom is -0.497 e. The number of hydrogen-bond acceptors (Lipinski definition) is 3. The van der Waals surface area contributed by atoms with Gasteiger partial charge >= 0.3 is 0 Å². The summed E-state index contributed by atoms with van der Waals surface area (Å²) in [7, 11) is 1.72. The van der Waals surface area contributed by atoms with Crippen molar-refractivity contribution in [1.29, 1.82) is 0 Å². The number of benzene rings is 1. The van der Waals surface area contributed by atoms with Crippen LogP contribution < -0.4 is 15.4 Å². The van der Waals surface area contributed by atoms with Crippen LogP contribution in [0.3, 0.4) is 0 Å². The maximum atomic E-state index is 9.75. The maximum Gasteiger partial charge on any atom is 0.191 e. The Morgan fingerprint density at radius 2 is 1.79 bits per heavy atom. The van der Waals surface area contributed by atoms with Crippen molar-refractivity contribution in [3.63, 3.8) is 0 Å². The average molecular weight is 388 g/mol. The van der Waals surface area contributed by atoms with E-state index in [0.29, 0.717) is 6.04 Å². The van der Waals surface area contributed by atoms with Crippen LogP contribution in [0.15, 0.2) is 29.3 Å². The summed E-state index contributed by atoms with van der Waals surface area (Å²) in [5.74, 6) is 1.83. The molecule has 2 fully saturated rings. The van der Waals surface area contributed by atoms with E-state index in [0.717, 1.165) is 50.5 Å². The topological polar surface area (TPSA) is 65.9 Å². The SMILES string of the molecule is CCNC(=NCC1(c2ccc(OC)cc2)CCCCC1)NC1CCC(O)CC1. The van der Waals surface area contributed by atoms with E-state index in [-0.39, 0.29) is 11.5 Å². The van der Waals surface area contributed by atoms with Crippen LogP contribution in [-0.4, -0.2) is 43.4 Å². The number of rotatable bonds is 6. The molecule has 0 radical (unpaired) electrons. The molecule has 3 rings (SSSR count). The van der Waals surface area contributed by atoms with Gasteiger partial charge < -0.3 is 20.5 Å². The molecule has 28 heavy (non-hydrogen) atoms. The van der Waals surface area contributed by atoms with Gasteiger partial charge in [0.05, 0.1) is 19.8 Å². The van der Waals surface area contributed by atoms with Gasteiger partial charge in [-0.25, -0.2) is 0 Å². The summed E-state index contributed by atoms with van der Waals surface area (Å²) >= 11 is 0.